The zero-order valence-electron chi connectivity index (χ0n) is 15.3. The van der Waals surface area contributed by atoms with Gasteiger partial charge in [-0.05, 0) is 43.2 Å². The van der Waals surface area contributed by atoms with Crippen LogP contribution in [0.2, 0.25) is 0 Å². The standard InChI is InChI=1S/C20H20FN3O2S/c1-13-7-4-5-10-17(13)18-22-23-20(26-18)27-14(2)19(25)24(3)12-15-8-6-9-16(21)11-15/h4-11,14H,12H2,1-3H3/t14-/m0/s1. The Bertz CT molecular complexity index is 944. The van der Waals surface area contributed by atoms with Crippen LogP contribution in [0.4, 0.5) is 4.39 Å². The van der Waals surface area contributed by atoms with Crippen molar-refractivity contribution >= 4 is 17.7 Å². The molecule has 140 valence electrons. The summed E-state index contributed by atoms with van der Waals surface area (Å²) in [7, 11) is 1.69. The molecule has 0 saturated carbocycles. The van der Waals surface area contributed by atoms with Crippen LogP contribution in [-0.2, 0) is 11.3 Å². The van der Waals surface area contributed by atoms with Gasteiger partial charge in [0.2, 0.25) is 11.8 Å². The molecule has 0 radical (unpaired) electrons. The number of aromatic nitrogens is 2. The number of hydrogen-bond donors (Lipinski definition) is 0. The molecule has 0 unspecified atom stereocenters. The molecule has 0 spiro atoms. The monoisotopic (exact) mass is 385 g/mol. The maximum atomic E-state index is 13.3. The van der Waals surface area contributed by atoms with E-state index in [0.29, 0.717) is 17.7 Å². The topological polar surface area (TPSA) is 59.2 Å². The third kappa shape index (κ3) is 4.74. The second-order valence-electron chi connectivity index (χ2n) is 6.27. The molecule has 0 aliphatic heterocycles. The quantitative estimate of drug-likeness (QED) is 0.591. The highest BCUT2D eigenvalue weighted by Crippen LogP contribution is 2.28. The van der Waals surface area contributed by atoms with Crippen molar-refractivity contribution < 1.29 is 13.6 Å². The van der Waals surface area contributed by atoms with Crippen LogP contribution < -0.4 is 0 Å². The van der Waals surface area contributed by atoms with Crippen LogP contribution in [-0.4, -0.2) is 33.3 Å². The van der Waals surface area contributed by atoms with Crippen LogP contribution >= 0.6 is 11.8 Å². The van der Waals surface area contributed by atoms with Gasteiger partial charge >= 0.3 is 0 Å². The fourth-order valence-corrected chi connectivity index (χ4v) is 3.48. The highest BCUT2D eigenvalue weighted by molar-refractivity contribution is 8.00. The molecular formula is C20H20FN3O2S. The van der Waals surface area contributed by atoms with Crippen molar-refractivity contribution in [1.29, 1.82) is 0 Å². The number of hydrogen-bond acceptors (Lipinski definition) is 5. The lowest BCUT2D eigenvalue weighted by Gasteiger charge is -2.20. The van der Waals surface area contributed by atoms with Gasteiger partial charge in [-0.15, -0.1) is 10.2 Å². The molecule has 0 aliphatic rings. The Balaban J connectivity index is 1.64. The Morgan fingerprint density at radius 1 is 1.22 bits per heavy atom. The van der Waals surface area contributed by atoms with Crippen molar-refractivity contribution in [3.05, 3.63) is 65.5 Å². The van der Waals surface area contributed by atoms with E-state index in [1.54, 1.807) is 31.0 Å². The lowest BCUT2D eigenvalue weighted by molar-refractivity contribution is -0.129. The lowest BCUT2D eigenvalue weighted by Crippen LogP contribution is -2.32. The summed E-state index contributed by atoms with van der Waals surface area (Å²) in [5.41, 5.74) is 2.65. The Morgan fingerprint density at radius 3 is 2.74 bits per heavy atom. The fourth-order valence-electron chi connectivity index (χ4n) is 2.68. The van der Waals surface area contributed by atoms with Crippen LogP contribution in [0.25, 0.3) is 11.5 Å². The minimum Gasteiger partial charge on any atom is -0.411 e. The van der Waals surface area contributed by atoms with Crippen molar-refractivity contribution in [2.24, 2.45) is 0 Å². The zero-order chi connectivity index (χ0) is 19.4. The number of carbonyl (C=O) groups excluding carboxylic acids is 1. The van der Waals surface area contributed by atoms with Gasteiger partial charge in [-0.1, -0.05) is 42.1 Å². The number of amides is 1. The van der Waals surface area contributed by atoms with E-state index < -0.39 is 5.25 Å². The van der Waals surface area contributed by atoms with Crippen molar-refractivity contribution in [3.8, 4) is 11.5 Å². The van der Waals surface area contributed by atoms with Crippen molar-refractivity contribution in [1.82, 2.24) is 15.1 Å². The Kier molecular flexibility index (Phi) is 5.91. The Morgan fingerprint density at radius 2 is 2.00 bits per heavy atom. The zero-order valence-corrected chi connectivity index (χ0v) is 16.2. The minimum absolute atomic E-state index is 0.0973. The van der Waals surface area contributed by atoms with Gasteiger partial charge in [-0.2, -0.15) is 0 Å². The number of thioether (sulfide) groups is 1. The molecule has 7 heteroatoms. The van der Waals surface area contributed by atoms with E-state index >= 15 is 0 Å². The third-order valence-corrected chi connectivity index (χ3v) is 5.01. The molecule has 1 atom stereocenters. The Labute approximate surface area is 161 Å². The van der Waals surface area contributed by atoms with Gasteiger partial charge in [0.25, 0.3) is 5.22 Å². The average Bonchev–Trinajstić information content (AvgIpc) is 3.09. The second-order valence-corrected chi connectivity index (χ2v) is 7.56. The molecule has 3 rings (SSSR count). The predicted octanol–water partition coefficient (Wildman–Crippen LogP) is 4.32. The maximum absolute atomic E-state index is 13.3. The van der Waals surface area contributed by atoms with Crippen LogP contribution in [0, 0.1) is 12.7 Å². The van der Waals surface area contributed by atoms with Crippen LogP contribution in [0.1, 0.15) is 18.1 Å². The van der Waals surface area contributed by atoms with Gasteiger partial charge < -0.3 is 9.32 Å². The van der Waals surface area contributed by atoms with Gasteiger partial charge in [-0.3, -0.25) is 4.79 Å². The molecule has 27 heavy (non-hydrogen) atoms. The molecule has 0 aliphatic carbocycles. The average molecular weight is 385 g/mol. The molecular weight excluding hydrogens is 365 g/mol. The highest BCUT2D eigenvalue weighted by Gasteiger charge is 2.22. The first kappa shape index (κ1) is 19.1. The largest absolute Gasteiger partial charge is 0.411 e. The van der Waals surface area contributed by atoms with E-state index in [9.17, 15) is 9.18 Å². The molecule has 3 aromatic rings. The first-order valence-electron chi connectivity index (χ1n) is 8.49. The van der Waals surface area contributed by atoms with E-state index in [4.69, 9.17) is 4.42 Å². The van der Waals surface area contributed by atoms with Gasteiger partial charge in [0.1, 0.15) is 5.82 Å². The van der Waals surface area contributed by atoms with Gasteiger partial charge in [0.05, 0.1) is 5.25 Å². The SMILES string of the molecule is Cc1ccccc1-c1nnc(S[C@@H](C)C(=O)N(C)Cc2cccc(F)c2)o1. The summed E-state index contributed by atoms with van der Waals surface area (Å²) in [6, 6.07) is 14.0. The van der Waals surface area contributed by atoms with Crippen LogP contribution in [0.15, 0.2) is 58.2 Å². The maximum Gasteiger partial charge on any atom is 0.277 e. The van der Waals surface area contributed by atoms with E-state index in [0.717, 1.165) is 16.7 Å². The summed E-state index contributed by atoms with van der Waals surface area (Å²) in [4.78, 5) is 14.1. The normalized spacial score (nSPS) is 12.0. The number of halogens is 1. The molecule has 2 aromatic carbocycles. The van der Waals surface area contributed by atoms with Gasteiger partial charge in [-0.25, -0.2) is 4.39 Å². The highest BCUT2D eigenvalue weighted by atomic mass is 32.2. The summed E-state index contributed by atoms with van der Waals surface area (Å²) in [6.45, 7) is 4.09. The van der Waals surface area contributed by atoms with Gasteiger partial charge in [0, 0.05) is 19.2 Å². The van der Waals surface area contributed by atoms with Crippen molar-refractivity contribution in [2.45, 2.75) is 30.9 Å². The molecule has 5 nitrogen and oxygen atoms in total. The summed E-state index contributed by atoms with van der Waals surface area (Å²) in [6.07, 6.45) is 0. The minimum atomic E-state index is -0.409. The molecule has 0 fully saturated rings. The summed E-state index contributed by atoms with van der Waals surface area (Å²) >= 11 is 1.21. The smallest absolute Gasteiger partial charge is 0.277 e. The molecule has 1 heterocycles. The molecule has 0 saturated heterocycles. The van der Waals surface area contributed by atoms with E-state index in [2.05, 4.69) is 10.2 Å². The van der Waals surface area contributed by atoms with E-state index in [1.807, 2.05) is 31.2 Å². The first-order chi connectivity index (χ1) is 12.9. The summed E-state index contributed by atoms with van der Waals surface area (Å²) in [5, 5.41) is 8.05. The van der Waals surface area contributed by atoms with Gasteiger partial charge in [0.15, 0.2) is 0 Å². The molecule has 0 N–H and O–H groups in total. The molecule has 0 bridgehead atoms. The molecule has 1 aromatic heterocycles. The fraction of sp³-hybridized carbons (Fsp3) is 0.250. The number of rotatable bonds is 6. The van der Waals surface area contributed by atoms with Crippen LogP contribution in [0.3, 0.4) is 0 Å². The van der Waals surface area contributed by atoms with Crippen molar-refractivity contribution in [3.63, 3.8) is 0 Å². The Hall–Kier alpha value is -2.67. The van der Waals surface area contributed by atoms with E-state index in [1.165, 1.54) is 23.9 Å². The first-order valence-corrected chi connectivity index (χ1v) is 9.37. The summed E-state index contributed by atoms with van der Waals surface area (Å²) in [5.74, 6) is 0.0219. The number of benzene rings is 2. The van der Waals surface area contributed by atoms with Crippen LogP contribution in [0.5, 0.6) is 0 Å². The second kappa shape index (κ2) is 8.35. The third-order valence-electron chi connectivity index (χ3n) is 4.09. The summed E-state index contributed by atoms with van der Waals surface area (Å²) < 4.78 is 19.0. The number of nitrogens with zero attached hydrogens (tertiary/aromatic N) is 3. The number of carbonyl (C=O) groups is 1. The lowest BCUT2D eigenvalue weighted by atomic mass is 10.1. The number of aryl methyl sites for hydroxylation is 1. The van der Waals surface area contributed by atoms with E-state index in [-0.39, 0.29) is 11.7 Å². The molecule has 1 amide bonds. The predicted molar refractivity (Wildman–Crippen MR) is 103 cm³/mol. The van der Waals surface area contributed by atoms with Crippen molar-refractivity contribution in [2.75, 3.05) is 7.05 Å².